The zero-order chi connectivity index (χ0) is 21.7. The highest BCUT2D eigenvalue weighted by Gasteiger charge is 2.37. The molecule has 1 aliphatic heterocycles. The number of ether oxygens (including phenoxy) is 2. The lowest BCUT2D eigenvalue weighted by atomic mass is 10.1. The molecule has 1 amide bonds. The van der Waals surface area contributed by atoms with Gasteiger partial charge in [-0.2, -0.15) is 0 Å². The average molecular weight is 437 g/mol. The zero-order valence-electron chi connectivity index (χ0n) is 17.1. The smallest absolute Gasteiger partial charge is 0.238 e. The minimum Gasteiger partial charge on any atom is -0.495 e. The number of hydrogen-bond acceptors (Lipinski definition) is 7. The van der Waals surface area contributed by atoms with Gasteiger partial charge in [0.1, 0.15) is 22.3 Å². The van der Waals surface area contributed by atoms with Crippen LogP contribution in [0.3, 0.4) is 0 Å². The summed E-state index contributed by atoms with van der Waals surface area (Å²) in [6.45, 7) is 1.95. The topological polar surface area (TPSA) is 82.1 Å². The van der Waals surface area contributed by atoms with Crippen molar-refractivity contribution in [2.24, 2.45) is 0 Å². The lowest BCUT2D eigenvalue weighted by Gasteiger charge is -2.25. The molecule has 7 nitrogen and oxygen atoms in total. The van der Waals surface area contributed by atoms with Crippen LogP contribution >= 0.6 is 11.8 Å². The van der Waals surface area contributed by atoms with Crippen LogP contribution < -0.4 is 19.8 Å². The summed E-state index contributed by atoms with van der Waals surface area (Å²) in [4.78, 5) is 27.7. The number of anilines is 1. The molecular formula is C23H19NO6S. The number of amides is 1. The maximum Gasteiger partial charge on any atom is 0.238 e. The van der Waals surface area contributed by atoms with Crippen molar-refractivity contribution in [3.8, 4) is 11.5 Å². The maximum absolute atomic E-state index is 13.2. The van der Waals surface area contributed by atoms with Crippen molar-refractivity contribution in [2.75, 3.05) is 24.9 Å². The summed E-state index contributed by atoms with van der Waals surface area (Å²) in [7, 11) is 2.98. The molecule has 0 bridgehead atoms. The second-order valence-corrected chi connectivity index (χ2v) is 8.23. The lowest BCUT2D eigenvalue weighted by molar-refractivity contribution is -0.115. The first-order valence-corrected chi connectivity index (χ1v) is 10.7. The van der Waals surface area contributed by atoms with Gasteiger partial charge >= 0.3 is 0 Å². The van der Waals surface area contributed by atoms with Crippen LogP contribution in [0.4, 0.5) is 5.69 Å². The number of thioether (sulfide) groups is 1. The predicted octanol–water partition coefficient (Wildman–Crippen LogP) is 4.64. The Labute approximate surface area is 181 Å². The summed E-state index contributed by atoms with van der Waals surface area (Å²) in [5.41, 5.74) is 2.13. The maximum atomic E-state index is 13.2. The molecule has 1 fully saturated rings. The van der Waals surface area contributed by atoms with Crippen molar-refractivity contribution in [1.29, 1.82) is 0 Å². The number of fused-ring (bicyclic) bond motifs is 2. The van der Waals surface area contributed by atoms with Gasteiger partial charge in [-0.1, -0.05) is 18.2 Å². The van der Waals surface area contributed by atoms with E-state index in [4.69, 9.17) is 18.3 Å². The summed E-state index contributed by atoms with van der Waals surface area (Å²) in [6.07, 6.45) is 1.51. The number of methoxy groups -OCH3 is 2. The number of carbonyl (C=O) groups excluding carboxylic acids is 1. The third-order valence-electron chi connectivity index (χ3n) is 5.41. The number of para-hydroxylation sites is 1. The Kier molecular flexibility index (Phi) is 4.66. The summed E-state index contributed by atoms with van der Waals surface area (Å²) in [5.74, 6) is 1.29. The highest BCUT2D eigenvalue weighted by atomic mass is 32.2. The van der Waals surface area contributed by atoms with Crippen LogP contribution in [0.5, 0.6) is 11.5 Å². The molecule has 0 N–H and O–H groups in total. The largest absolute Gasteiger partial charge is 0.495 e. The minimum absolute atomic E-state index is 0.0434. The van der Waals surface area contributed by atoms with Crippen molar-refractivity contribution < 1.29 is 23.1 Å². The molecule has 1 aliphatic rings. The standard InChI is InChI=1S/C23H19NO6S/c1-12-6-4-5-7-14(12)24-17(26)11-31-23(24)16-10-15(25)18-19(27-2)13-8-9-29-20(13)22(28-3)21(18)30-16/h4-10,23H,11H2,1-3H3. The van der Waals surface area contributed by atoms with Crippen LogP contribution in [0.15, 0.2) is 56.3 Å². The van der Waals surface area contributed by atoms with Crippen molar-refractivity contribution >= 4 is 45.3 Å². The molecular weight excluding hydrogens is 418 g/mol. The fourth-order valence-electron chi connectivity index (χ4n) is 4.04. The van der Waals surface area contributed by atoms with Gasteiger partial charge in [0, 0.05) is 11.8 Å². The fraction of sp³-hybridized carbons (Fsp3) is 0.217. The molecule has 31 heavy (non-hydrogen) atoms. The van der Waals surface area contributed by atoms with Gasteiger partial charge in [-0.15, -0.1) is 11.8 Å². The van der Waals surface area contributed by atoms with Crippen LogP contribution in [0.2, 0.25) is 0 Å². The Morgan fingerprint density at radius 3 is 2.58 bits per heavy atom. The fourth-order valence-corrected chi connectivity index (χ4v) is 5.14. The summed E-state index contributed by atoms with van der Waals surface area (Å²) < 4.78 is 22.9. The average Bonchev–Trinajstić information content (AvgIpc) is 3.39. The first-order chi connectivity index (χ1) is 15.0. The molecule has 1 atom stereocenters. The van der Waals surface area contributed by atoms with Crippen molar-refractivity contribution in [3.63, 3.8) is 0 Å². The van der Waals surface area contributed by atoms with Crippen molar-refractivity contribution in [2.45, 2.75) is 12.3 Å². The van der Waals surface area contributed by atoms with Gasteiger partial charge in [-0.05, 0) is 24.6 Å². The Hall–Kier alpha value is -3.39. The third kappa shape index (κ3) is 2.90. The van der Waals surface area contributed by atoms with E-state index in [0.717, 1.165) is 11.3 Å². The van der Waals surface area contributed by atoms with Gasteiger partial charge < -0.3 is 18.3 Å². The molecule has 0 radical (unpaired) electrons. The van der Waals surface area contributed by atoms with E-state index in [0.29, 0.717) is 34.0 Å². The first kappa shape index (κ1) is 19.6. The predicted molar refractivity (Wildman–Crippen MR) is 119 cm³/mol. The van der Waals surface area contributed by atoms with Gasteiger partial charge in [0.25, 0.3) is 0 Å². The van der Waals surface area contributed by atoms with E-state index in [-0.39, 0.29) is 22.3 Å². The van der Waals surface area contributed by atoms with Crippen LogP contribution in [0.1, 0.15) is 16.7 Å². The van der Waals surface area contributed by atoms with E-state index in [1.54, 1.807) is 11.0 Å². The molecule has 158 valence electrons. The second kappa shape index (κ2) is 7.39. The molecule has 4 aromatic rings. The van der Waals surface area contributed by atoms with Crippen molar-refractivity contribution in [1.82, 2.24) is 0 Å². The van der Waals surface area contributed by atoms with E-state index >= 15 is 0 Å². The molecule has 1 unspecified atom stereocenters. The zero-order valence-corrected chi connectivity index (χ0v) is 17.9. The van der Waals surface area contributed by atoms with Gasteiger partial charge in [0.05, 0.1) is 31.6 Å². The lowest BCUT2D eigenvalue weighted by Crippen LogP contribution is -2.29. The number of furan rings is 1. The van der Waals surface area contributed by atoms with Crippen LogP contribution in [0.25, 0.3) is 21.9 Å². The van der Waals surface area contributed by atoms with Gasteiger partial charge in [-0.3, -0.25) is 14.5 Å². The second-order valence-electron chi connectivity index (χ2n) is 7.16. The molecule has 2 aromatic heterocycles. The van der Waals surface area contributed by atoms with E-state index < -0.39 is 5.37 Å². The summed E-state index contributed by atoms with van der Waals surface area (Å²) in [5, 5.41) is 0.418. The van der Waals surface area contributed by atoms with Crippen molar-refractivity contribution in [3.05, 3.63) is 64.2 Å². The van der Waals surface area contributed by atoms with Crippen LogP contribution in [-0.2, 0) is 4.79 Å². The number of benzene rings is 2. The first-order valence-electron chi connectivity index (χ1n) is 9.63. The summed E-state index contributed by atoms with van der Waals surface area (Å²) >= 11 is 1.41. The highest BCUT2D eigenvalue weighted by molar-refractivity contribution is 8.00. The third-order valence-corrected chi connectivity index (χ3v) is 6.58. The normalized spacial score (nSPS) is 16.4. The number of carbonyl (C=O) groups is 1. The SMILES string of the molecule is COc1c2occc2c(OC)c2c(=O)cc(C3SCC(=O)N3c3ccccc3C)oc12. The molecule has 0 aliphatic carbocycles. The van der Waals surface area contributed by atoms with Gasteiger partial charge in [0.2, 0.25) is 11.7 Å². The van der Waals surface area contributed by atoms with Gasteiger partial charge in [-0.25, -0.2) is 0 Å². The van der Waals surface area contributed by atoms with E-state index in [1.807, 2.05) is 31.2 Å². The molecule has 1 saturated heterocycles. The van der Waals surface area contributed by atoms with E-state index in [1.165, 1.54) is 38.3 Å². The molecule has 8 heteroatoms. The quantitative estimate of drug-likeness (QED) is 0.460. The molecule has 0 saturated carbocycles. The van der Waals surface area contributed by atoms with Crippen LogP contribution in [0, 0.1) is 6.92 Å². The van der Waals surface area contributed by atoms with Gasteiger partial charge in [0.15, 0.2) is 16.6 Å². The Morgan fingerprint density at radius 1 is 1.06 bits per heavy atom. The Morgan fingerprint density at radius 2 is 1.84 bits per heavy atom. The number of hydrogen-bond donors (Lipinski definition) is 0. The molecule has 3 heterocycles. The van der Waals surface area contributed by atoms with Crippen LogP contribution in [-0.4, -0.2) is 25.9 Å². The number of aryl methyl sites for hydroxylation is 1. The van der Waals surface area contributed by atoms with E-state index in [2.05, 4.69) is 0 Å². The number of rotatable bonds is 4. The highest BCUT2D eigenvalue weighted by Crippen LogP contribution is 2.46. The number of nitrogens with zero attached hydrogens (tertiary/aromatic N) is 1. The molecule has 2 aromatic carbocycles. The molecule has 5 rings (SSSR count). The van der Waals surface area contributed by atoms with E-state index in [9.17, 15) is 9.59 Å². The summed E-state index contributed by atoms with van der Waals surface area (Å²) in [6, 6.07) is 10.8. The minimum atomic E-state index is -0.478. The monoisotopic (exact) mass is 437 g/mol. The molecule has 0 spiro atoms. The Bertz CT molecular complexity index is 1390. The Balaban J connectivity index is 1.76.